The third-order valence-corrected chi connectivity index (χ3v) is 2.52. The van der Waals surface area contributed by atoms with Gasteiger partial charge < -0.3 is 19.5 Å². The van der Waals surface area contributed by atoms with E-state index in [1.54, 1.807) is 33.2 Å². The summed E-state index contributed by atoms with van der Waals surface area (Å²) in [6.45, 7) is 5.86. The van der Waals surface area contributed by atoms with Gasteiger partial charge in [-0.2, -0.15) is 0 Å². The minimum absolute atomic E-state index is 0.344. The van der Waals surface area contributed by atoms with E-state index in [4.69, 9.17) is 14.2 Å². The van der Waals surface area contributed by atoms with E-state index in [2.05, 4.69) is 10.3 Å². The molecule has 1 rings (SSSR count). The van der Waals surface area contributed by atoms with Crippen molar-refractivity contribution in [2.24, 2.45) is 0 Å². The second-order valence-electron chi connectivity index (χ2n) is 4.17. The number of methoxy groups -OCH3 is 1. The Balaban J connectivity index is 2.40. The number of nitrogens with zero attached hydrogens (tertiary/aromatic N) is 1. The number of carbonyl (C=O) groups is 1. The normalized spacial score (nSPS) is 11.9. The number of rotatable bonds is 9. The first-order valence-electron chi connectivity index (χ1n) is 6.65. The summed E-state index contributed by atoms with van der Waals surface area (Å²) < 4.78 is 15.3. The molecule has 1 heterocycles. The maximum Gasteiger partial charge on any atom is 0.347 e. The number of pyridine rings is 1. The van der Waals surface area contributed by atoms with Gasteiger partial charge in [-0.3, -0.25) is 4.98 Å². The Kier molecular flexibility index (Phi) is 7.60. The molecule has 112 valence electrons. The Bertz CT molecular complexity index is 395. The zero-order chi connectivity index (χ0) is 14.8. The highest BCUT2D eigenvalue weighted by atomic mass is 16.6. The molecule has 1 unspecified atom stereocenters. The van der Waals surface area contributed by atoms with Crippen molar-refractivity contribution in [3.05, 3.63) is 24.0 Å². The zero-order valence-corrected chi connectivity index (χ0v) is 12.2. The van der Waals surface area contributed by atoms with Gasteiger partial charge in [0.15, 0.2) is 6.10 Å². The minimum atomic E-state index is -0.637. The van der Waals surface area contributed by atoms with Crippen molar-refractivity contribution in [2.45, 2.75) is 26.5 Å². The van der Waals surface area contributed by atoms with Crippen molar-refractivity contribution in [3.63, 3.8) is 0 Å². The fraction of sp³-hybridized carbons (Fsp3) is 0.571. The molecule has 1 aromatic heterocycles. The van der Waals surface area contributed by atoms with Crippen LogP contribution in [0.4, 0.5) is 0 Å². The molecule has 0 spiro atoms. The van der Waals surface area contributed by atoms with E-state index in [1.807, 2.05) is 6.07 Å². The molecule has 1 N–H and O–H groups in total. The molecule has 0 bridgehead atoms. The summed E-state index contributed by atoms with van der Waals surface area (Å²) in [5.41, 5.74) is 0.900. The van der Waals surface area contributed by atoms with E-state index in [0.717, 1.165) is 12.2 Å². The molecule has 1 atom stereocenters. The van der Waals surface area contributed by atoms with Gasteiger partial charge in [0.05, 0.1) is 25.1 Å². The van der Waals surface area contributed by atoms with Crippen molar-refractivity contribution in [3.8, 4) is 5.75 Å². The highest BCUT2D eigenvalue weighted by molar-refractivity contribution is 5.74. The van der Waals surface area contributed by atoms with Crippen LogP contribution in [0.3, 0.4) is 0 Å². The van der Waals surface area contributed by atoms with Gasteiger partial charge >= 0.3 is 5.97 Å². The summed E-state index contributed by atoms with van der Waals surface area (Å²) in [5, 5.41) is 3.20. The van der Waals surface area contributed by atoms with E-state index in [0.29, 0.717) is 25.5 Å². The lowest BCUT2D eigenvalue weighted by Gasteiger charge is -2.13. The van der Waals surface area contributed by atoms with E-state index in [1.165, 1.54) is 0 Å². The maximum atomic E-state index is 11.4. The summed E-state index contributed by atoms with van der Waals surface area (Å²) in [6.07, 6.45) is 0.964. The lowest BCUT2D eigenvalue weighted by atomic mass is 10.3. The Hall–Kier alpha value is -1.66. The molecule has 6 nitrogen and oxygen atoms in total. The van der Waals surface area contributed by atoms with E-state index >= 15 is 0 Å². The van der Waals surface area contributed by atoms with Crippen LogP contribution in [0, 0.1) is 0 Å². The van der Waals surface area contributed by atoms with Crippen LogP contribution in [-0.2, 0) is 20.8 Å². The number of nitrogens with one attached hydrogen (secondary N) is 1. The number of esters is 1. The van der Waals surface area contributed by atoms with Crippen LogP contribution in [0.5, 0.6) is 5.75 Å². The fourth-order valence-corrected chi connectivity index (χ4v) is 1.49. The van der Waals surface area contributed by atoms with Gasteiger partial charge in [-0.15, -0.1) is 0 Å². The Morgan fingerprint density at radius 1 is 1.45 bits per heavy atom. The molecule has 0 radical (unpaired) electrons. The van der Waals surface area contributed by atoms with Crippen LogP contribution >= 0.6 is 0 Å². The summed E-state index contributed by atoms with van der Waals surface area (Å²) >= 11 is 0. The van der Waals surface area contributed by atoms with Gasteiger partial charge in [0.1, 0.15) is 5.75 Å². The molecule has 20 heavy (non-hydrogen) atoms. The monoisotopic (exact) mass is 282 g/mol. The van der Waals surface area contributed by atoms with Crippen molar-refractivity contribution >= 4 is 5.97 Å². The SMILES string of the molecule is CCOC(=O)C(C)Oc1ccc(CNCCOC)nc1. The van der Waals surface area contributed by atoms with Gasteiger partial charge in [0.25, 0.3) is 0 Å². The van der Waals surface area contributed by atoms with Crippen molar-refractivity contribution in [1.29, 1.82) is 0 Å². The summed E-state index contributed by atoms with van der Waals surface area (Å²) in [5.74, 6) is 0.170. The maximum absolute atomic E-state index is 11.4. The van der Waals surface area contributed by atoms with Crippen molar-refractivity contribution < 1.29 is 19.0 Å². The summed E-state index contributed by atoms with van der Waals surface area (Å²) in [7, 11) is 1.66. The Morgan fingerprint density at radius 3 is 2.85 bits per heavy atom. The first-order valence-corrected chi connectivity index (χ1v) is 6.65. The predicted molar refractivity (Wildman–Crippen MR) is 74.5 cm³/mol. The second-order valence-corrected chi connectivity index (χ2v) is 4.17. The predicted octanol–water partition coefficient (Wildman–Crippen LogP) is 1.15. The average Bonchev–Trinajstić information content (AvgIpc) is 2.45. The molecular formula is C14H22N2O4. The average molecular weight is 282 g/mol. The molecule has 6 heteroatoms. The Morgan fingerprint density at radius 2 is 2.25 bits per heavy atom. The number of hydrogen-bond acceptors (Lipinski definition) is 6. The molecule has 0 amide bonds. The van der Waals surface area contributed by atoms with Gasteiger partial charge in [0, 0.05) is 20.2 Å². The van der Waals surface area contributed by atoms with Gasteiger partial charge in [-0.25, -0.2) is 4.79 Å². The topological polar surface area (TPSA) is 69.7 Å². The number of aromatic nitrogens is 1. The summed E-state index contributed by atoms with van der Waals surface area (Å²) in [4.78, 5) is 15.7. The molecule has 0 aromatic carbocycles. The molecule has 0 aliphatic heterocycles. The first-order chi connectivity index (χ1) is 9.67. The van der Waals surface area contributed by atoms with E-state index in [9.17, 15) is 4.79 Å². The largest absolute Gasteiger partial charge is 0.477 e. The van der Waals surface area contributed by atoms with Crippen LogP contribution in [0.25, 0.3) is 0 Å². The van der Waals surface area contributed by atoms with Gasteiger partial charge in [-0.1, -0.05) is 0 Å². The molecule has 0 fully saturated rings. The highest BCUT2D eigenvalue weighted by Gasteiger charge is 2.15. The first kappa shape index (κ1) is 16.4. The third-order valence-electron chi connectivity index (χ3n) is 2.52. The van der Waals surface area contributed by atoms with Crippen LogP contribution < -0.4 is 10.1 Å². The smallest absolute Gasteiger partial charge is 0.347 e. The van der Waals surface area contributed by atoms with E-state index < -0.39 is 6.10 Å². The summed E-state index contributed by atoms with van der Waals surface area (Å²) in [6, 6.07) is 3.64. The number of carbonyl (C=O) groups excluding carboxylic acids is 1. The standard InChI is InChI=1S/C14H22N2O4/c1-4-19-14(17)11(2)20-13-6-5-12(16-10-13)9-15-7-8-18-3/h5-6,10-11,15H,4,7-9H2,1-3H3. The molecule has 0 aliphatic carbocycles. The van der Waals surface area contributed by atoms with Crippen molar-refractivity contribution in [1.82, 2.24) is 10.3 Å². The molecule has 0 saturated carbocycles. The van der Waals surface area contributed by atoms with E-state index in [-0.39, 0.29) is 5.97 Å². The van der Waals surface area contributed by atoms with Crippen molar-refractivity contribution in [2.75, 3.05) is 26.9 Å². The third kappa shape index (κ3) is 5.99. The number of hydrogen-bond donors (Lipinski definition) is 1. The van der Waals surface area contributed by atoms with Crippen LogP contribution in [0.1, 0.15) is 19.5 Å². The second kappa shape index (κ2) is 9.28. The lowest BCUT2D eigenvalue weighted by molar-refractivity contribution is -0.150. The quantitative estimate of drug-likeness (QED) is 0.541. The Labute approximate surface area is 119 Å². The van der Waals surface area contributed by atoms with Crippen LogP contribution in [-0.4, -0.2) is 43.9 Å². The number of ether oxygens (including phenoxy) is 3. The molecule has 0 aliphatic rings. The van der Waals surface area contributed by atoms with Gasteiger partial charge in [-0.05, 0) is 26.0 Å². The van der Waals surface area contributed by atoms with Crippen LogP contribution in [0.15, 0.2) is 18.3 Å². The minimum Gasteiger partial charge on any atom is -0.477 e. The molecule has 0 saturated heterocycles. The lowest BCUT2D eigenvalue weighted by Crippen LogP contribution is -2.26. The fourth-order valence-electron chi connectivity index (χ4n) is 1.49. The van der Waals surface area contributed by atoms with Gasteiger partial charge in [0.2, 0.25) is 0 Å². The molecular weight excluding hydrogens is 260 g/mol. The van der Waals surface area contributed by atoms with Crippen LogP contribution in [0.2, 0.25) is 0 Å². The molecule has 1 aromatic rings. The zero-order valence-electron chi connectivity index (χ0n) is 12.2. The highest BCUT2D eigenvalue weighted by Crippen LogP contribution is 2.11.